The number of aryl methyl sites for hydroxylation is 2. The Bertz CT molecular complexity index is 856. The van der Waals surface area contributed by atoms with Gasteiger partial charge in [-0.1, -0.05) is 18.2 Å². The van der Waals surface area contributed by atoms with Gasteiger partial charge in [0.2, 0.25) is 10.0 Å². The Morgan fingerprint density at radius 1 is 1.21 bits per heavy atom. The Hall–Kier alpha value is -2.03. The van der Waals surface area contributed by atoms with Crippen LogP contribution in [0.2, 0.25) is 0 Å². The first-order chi connectivity index (χ1) is 11.3. The molecular weight excluding hydrogens is 346 g/mol. The average molecular weight is 365 g/mol. The molecule has 8 heteroatoms. The quantitative estimate of drug-likeness (QED) is 0.607. The van der Waals surface area contributed by atoms with Gasteiger partial charge >= 0.3 is 0 Å². The fraction of sp³-hybridized carbons (Fsp3) is 0.250. The summed E-state index contributed by atoms with van der Waals surface area (Å²) in [5, 5.41) is 4.03. The number of hydrogen-bond donors (Lipinski definition) is 2. The molecule has 2 aromatic rings. The number of carbonyl (C=O) groups is 1. The molecule has 1 aromatic carbocycles. The maximum Gasteiger partial charge on any atom is 0.255 e. The van der Waals surface area contributed by atoms with Crippen molar-refractivity contribution in [1.29, 1.82) is 0 Å². The first kappa shape index (κ1) is 18.3. The van der Waals surface area contributed by atoms with E-state index in [1.807, 2.05) is 19.9 Å². The van der Waals surface area contributed by atoms with E-state index in [1.54, 1.807) is 36.5 Å². The van der Waals surface area contributed by atoms with Crippen LogP contribution in [0.3, 0.4) is 0 Å². The van der Waals surface area contributed by atoms with E-state index in [4.69, 9.17) is 0 Å². The number of hydrogen-bond acceptors (Lipinski definition) is 5. The van der Waals surface area contributed by atoms with Gasteiger partial charge in [-0.2, -0.15) is 5.10 Å². The van der Waals surface area contributed by atoms with Gasteiger partial charge in [0, 0.05) is 15.3 Å². The second-order valence-electron chi connectivity index (χ2n) is 5.20. The number of benzene rings is 1. The number of hydrazone groups is 1. The van der Waals surface area contributed by atoms with E-state index >= 15 is 0 Å². The van der Waals surface area contributed by atoms with Crippen molar-refractivity contribution in [2.24, 2.45) is 5.10 Å². The summed E-state index contributed by atoms with van der Waals surface area (Å²) in [5.74, 6) is -0.529. The summed E-state index contributed by atoms with van der Waals surface area (Å²) in [5.41, 5.74) is 4.02. The highest BCUT2D eigenvalue weighted by Crippen LogP contribution is 2.21. The van der Waals surface area contributed by atoms with Gasteiger partial charge in [0.1, 0.15) is 0 Å². The number of thiophene rings is 1. The third kappa shape index (κ3) is 4.73. The summed E-state index contributed by atoms with van der Waals surface area (Å²) in [4.78, 5) is 14.2. The molecule has 0 saturated carbocycles. The van der Waals surface area contributed by atoms with Crippen molar-refractivity contribution < 1.29 is 13.2 Å². The third-order valence-corrected chi connectivity index (χ3v) is 5.64. The topological polar surface area (TPSA) is 87.6 Å². The second-order valence-corrected chi connectivity index (χ2v) is 8.42. The second kappa shape index (κ2) is 7.69. The maximum absolute atomic E-state index is 12.0. The number of amides is 1. The summed E-state index contributed by atoms with van der Waals surface area (Å²) in [6.45, 7) is 5.41. The van der Waals surface area contributed by atoms with Crippen LogP contribution in [-0.2, 0) is 14.8 Å². The Balaban J connectivity index is 1.94. The fourth-order valence-electron chi connectivity index (χ4n) is 2.08. The average Bonchev–Trinajstić information content (AvgIpc) is 2.90. The van der Waals surface area contributed by atoms with E-state index in [1.165, 1.54) is 17.0 Å². The minimum atomic E-state index is -3.71. The SMILES string of the molecule is C/C(=N/NC(=O)CNS(=O)(=O)c1ccccc1)c1cc(C)sc1C. The van der Waals surface area contributed by atoms with E-state index in [9.17, 15) is 13.2 Å². The monoisotopic (exact) mass is 365 g/mol. The molecule has 24 heavy (non-hydrogen) atoms. The van der Waals surface area contributed by atoms with Gasteiger partial charge in [0.15, 0.2) is 0 Å². The van der Waals surface area contributed by atoms with Gasteiger partial charge in [-0.25, -0.2) is 18.6 Å². The predicted molar refractivity (Wildman–Crippen MR) is 95.8 cm³/mol. The van der Waals surface area contributed by atoms with Crippen LogP contribution in [0.4, 0.5) is 0 Å². The van der Waals surface area contributed by atoms with Crippen molar-refractivity contribution in [2.75, 3.05) is 6.54 Å². The number of sulfonamides is 1. The summed E-state index contributed by atoms with van der Waals surface area (Å²) >= 11 is 1.66. The number of nitrogens with one attached hydrogen (secondary N) is 2. The Morgan fingerprint density at radius 3 is 2.46 bits per heavy atom. The summed E-state index contributed by atoms with van der Waals surface area (Å²) in [7, 11) is -3.71. The molecule has 0 aliphatic heterocycles. The predicted octanol–water partition coefficient (Wildman–Crippen LogP) is 2.18. The summed E-state index contributed by atoms with van der Waals surface area (Å²) in [6, 6.07) is 9.88. The molecule has 0 radical (unpaired) electrons. The summed E-state index contributed by atoms with van der Waals surface area (Å²) in [6.07, 6.45) is 0. The first-order valence-corrected chi connectivity index (χ1v) is 9.55. The van der Waals surface area contributed by atoms with Crippen molar-refractivity contribution in [1.82, 2.24) is 10.1 Å². The Labute approximate surface area is 145 Å². The lowest BCUT2D eigenvalue weighted by atomic mass is 10.2. The zero-order valence-electron chi connectivity index (χ0n) is 13.7. The highest BCUT2D eigenvalue weighted by atomic mass is 32.2. The molecule has 0 saturated heterocycles. The molecule has 1 amide bonds. The molecule has 0 spiro atoms. The van der Waals surface area contributed by atoms with Gasteiger partial charge < -0.3 is 0 Å². The maximum atomic E-state index is 12.0. The molecule has 0 unspecified atom stereocenters. The molecular formula is C16H19N3O3S2. The normalized spacial score (nSPS) is 12.2. The van der Waals surface area contributed by atoms with Crippen LogP contribution in [0, 0.1) is 13.8 Å². The van der Waals surface area contributed by atoms with E-state index < -0.39 is 15.9 Å². The highest BCUT2D eigenvalue weighted by molar-refractivity contribution is 7.89. The van der Waals surface area contributed by atoms with E-state index in [2.05, 4.69) is 15.2 Å². The lowest BCUT2D eigenvalue weighted by molar-refractivity contribution is -0.119. The number of nitrogens with zero attached hydrogens (tertiary/aromatic N) is 1. The summed E-state index contributed by atoms with van der Waals surface area (Å²) < 4.78 is 26.3. The zero-order chi connectivity index (χ0) is 17.7. The molecule has 1 aromatic heterocycles. The van der Waals surface area contributed by atoms with Crippen molar-refractivity contribution >= 4 is 33.0 Å². The molecule has 1 heterocycles. The smallest absolute Gasteiger partial charge is 0.255 e. The van der Waals surface area contributed by atoms with Gasteiger partial charge in [-0.05, 0) is 39.0 Å². The van der Waals surface area contributed by atoms with Crippen LogP contribution >= 0.6 is 11.3 Å². The molecule has 0 fully saturated rings. The first-order valence-electron chi connectivity index (χ1n) is 7.25. The molecule has 0 aliphatic rings. The van der Waals surface area contributed by atoms with Crippen molar-refractivity contribution in [3.05, 3.63) is 51.7 Å². The highest BCUT2D eigenvalue weighted by Gasteiger charge is 2.14. The van der Waals surface area contributed by atoms with Gasteiger partial charge in [0.05, 0.1) is 17.2 Å². The number of carbonyl (C=O) groups excluding carboxylic acids is 1. The van der Waals surface area contributed by atoms with Crippen LogP contribution < -0.4 is 10.1 Å². The fourth-order valence-corrected chi connectivity index (χ4v) is 4.06. The van der Waals surface area contributed by atoms with Crippen LogP contribution in [0.5, 0.6) is 0 Å². The van der Waals surface area contributed by atoms with Gasteiger partial charge in [-0.15, -0.1) is 11.3 Å². The van der Waals surface area contributed by atoms with Crippen molar-refractivity contribution in [2.45, 2.75) is 25.7 Å². The van der Waals surface area contributed by atoms with Gasteiger partial charge in [-0.3, -0.25) is 4.79 Å². The molecule has 0 aliphatic carbocycles. The van der Waals surface area contributed by atoms with E-state index in [-0.39, 0.29) is 11.4 Å². The Morgan fingerprint density at radius 2 is 1.88 bits per heavy atom. The lowest BCUT2D eigenvalue weighted by Gasteiger charge is -2.06. The molecule has 128 valence electrons. The van der Waals surface area contributed by atoms with Crippen LogP contribution in [-0.4, -0.2) is 26.6 Å². The van der Waals surface area contributed by atoms with E-state index in [0.717, 1.165) is 10.4 Å². The molecule has 0 atom stereocenters. The van der Waals surface area contributed by atoms with Gasteiger partial charge in [0.25, 0.3) is 5.91 Å². The van der Waals surface area contributed by atoms with Crippen LogP contribution in [0.1, 0.15) is 22.2 Å². The van der Waals surface area contributed by atoms with Crippen molar-refractivity contribution in [3.8, 4) is 0 Å². The molecule has 2 rings (SSSR count). The number of rotatable bonds is 6. The minimum absolute atomic E-state index is 0.113. The molecule has 0 bridgehead atoms. The zero-order valence-corrected chi connectivity index (χ0v) is 15.3. The van der Waals surface area contributed by atoms with Crippen molar-refractivity contribution in [3.63, 3.8) is 0 Å². The van der Waals surface area contributed by atoms with E-state index in [0.29, 0.717) is 5.71 Å². The Kier molecular flexibility index (Phi) is 5.87. The van der Waals surface area contributed by atoms with Crippen LogP contribution in [0.15, 0.2) is 46.4 Å². The largest absolute Gasteiger partial charge is 0.272 e. The standard InChI is InChI=1S/C16H19N3O3S2/c1-11-9-15(13(3)23-11)12(2)18-19-16(20)10-17-24(21,22)14-7-5-4-6-8-14/h4-9,17H,10H2,1-3H3,(H,19,20)/b18-12-. The molecule has 6 nitrogen and oxygen atoms in total. The minimum Gasteiger partial charge on any atom is -0.272 e. The lowest BCUT2D eigenvalue weighted by Crippen LogP contribution is -2.35. The molecule has 2 N–H and O–H groups in total. The van der Waals surface area contributed by atoms with Crippen LogP contribution in [0.25, 0.3) is 0 Å². The third-order valence-electron chi connectivity index (χ3n) is 3.26.